The maximum atomic E-state index is 9.46. The standard InChI is InChI=1S/C11H14ClO/c1-3-11(8(2)13)9-4-6-10(12)7-5-9/h4-8,13H,3H2,1-2H3. The van der Waals surface area contributed by atoms with E-state index in [2.05, 4.69) is 0 Å². The molecule has 0 spiro atoms. The van der Waals surface area contributed by atoms with Gasteiger partial charge in [0.25, 0.3) is 0 Å². The largest absolute Gasteiger partial charge is 0.392 e. The Bertz CT molecular complexity index is 253. The summed E-state index contributed by atoms with van der Waals surface area (Å²) >= 11 is 5.77. The van der Waals surface area contributed by atoms with Gasteiger partial charge in [-0.3, -0.25) is 0 Å². The summed E-state index contributed by atoms with van der Waals surface area (Å²) in [5, 5.41) is 10.2. The van der Waals surface area contributed by atoms with Crippen molar-refractivity contribution in [1.29, 1.82) is 0 Å². The van der Waals surface area contributed by atoms with Crippen LogP contribution in [0.5, 0.6) is 0 Å². The summed E-state index contributed by atoms with van der Waals surface area (Å²) in [7, 11) is 0. The average molecular weight is 198 g/mol. The minimum absolute atomic E-state index is 0.383. The minimum atomic E-state index is -0.383. The molecule has 1 radical (unpaired) electrons. The van der Waals surface area contributed by atoms with Crippen molar-refractivity contribution < 1.29 is 5.11 Å². The maximum Gasteiger partial charge on any atom is 0.0618 e. The van der Waals surface area contributed by atoms with E-state index in [9.17, 15) is 5.11 Å². The second-order valence-corrected chi connectivity index (χ2v) is 3.50. The summed E-state index contributed by atoms with van der Waals surface area (Å²) < 4.78 is 0. The molecule has 1 nitrogen and oxygen atoms in total. The first kappa shape index (κ1) is 10.6. The highest BCUT2D eigenvalue weighted by molar-refractivity contribution is 6.30. The Hall–Kier alpha value is -0.530. The highest BCUT2D eigenvalue weighted by Crippen LogP contribution is 2.23. The van der Waals surface area contributed by atoms with E-state index in [0.717, 1.165) is 22.9 Å². The van der Waals surface area contributed by atoms with Gasteiger partial charge in [-0.2, -0.15) is 0 Å². The minimum Gasteiger partial charge on any atom is -0.392 e. The molecule has 0 fully saturated rings. The van der Waals surface area contributed by atoms with Crippen molar-refractivity contribution in [2.24, 2.45) is 0 Å². The highest BCUT2D eigenvalue weighted by atomic mass is 35.5. The third kappa shape index (κ3) is 2.71. The Morgan fingerprint density at radius 1 is 1.38 bits per heavy atom. The first-order chi connectivity index (χ1) is 6.15. The van der Waals surface area contributed by atoms with Crippen LogP contribution in [-0.2, 0) is 0 Å². The van der Waals surface area contributed by atoms with E-state index in [1.165, 1.54) is 0 Å². The summed E-state index contributed by atoms with van der Waals surface area (Å²) in [5.41, 5.74) is 1.07. The van der Waals surface area contributed by atoms with Crippen molar-refractivity contribution in [2.75, 3.05) is 0 Å². The molecule has 1 aromatic rings. The van der Waals surface area contributed by atoms with Gasteiger partial charge < -0.3 is 5.11 Å². The van der Waals surface area contributed by atoms with Gasteiger partial charge >= 0.3 is 0 Å². The van der Waals surface area contributed by atoms with Crippen molar-refractivity contribution in [2.45, 2.75) is 26.4 Å². The second-order valence-electron chi connectivity index (χ2n) is 3.06. The number of aliphatic hydroxyl groups is 1. The molecule has 0 saturated carbocycles. The molecule has 71 valence electrons. The molecule has 1 atom stereocenters. The molecule has 1 aromatic carbocycles. The van der Waals surface area contributed by atoms with Gasteiger partial charge in [-0.1, -0.05) is 30.7 Å². The van der Waals surface area contributed by atoms with Crippen molar-refractivity contribution in [3.05, 3.63) is 40.8 Å². The number of hydrogen-bond acceptors (Lipinski definition) is 1. The Kier molecular flexibility index (Phi) is 3.76. The lowest BCUT2D eigenvalue weighted by molar-refractivity contribution is 0.208. The summed E-state index contributed by atoms with van der Waals surface area (Å²) in [6, 6.07) is 7.56. The van der Waals surface area contributed by atoms with Gasteiger partial charge in [0, 0.05) is 10.9 Å². The zero-order valence-corrected chi connectivity index (χ0v) is 8.67. The fourth-order valence-corrected chi connectivity index (χ4v) is 1.53. The number of hydrogen-bond donors (Lipinski definition) is 1. The summed E-state index contributed by atoms with van der Waals surface area (Å²) in [5.74, 6) is 1.05. The quantitative estimate of drug-likeness (QED) is 0.790. The summed E-state index contributed by atoms with van der Waals surface area (Å²) in [6.07, 6.45) is 0.477. The molecular formula is C11H14ClO. The normalized spacial score (nSPS) is 13.3. The van der Waals surface area contributed by atoms with Crippen LogP contribution < -0.4 is 0 Å². The van der Waals surface area contributed by atoms with Crippen LogP contribution >= 0.6 is 11.6 Å². The monoisotopic (exact) mass is 197 g/mol. The lowest BCUT2D eigenvalue weighted by Crippen LogP contribution is -2.14. The van der Waals surface area contributed by atoms with Crippen LogP contribution in [0.4, 0.5) is 0 Å². The van der Waals surface area contributed by atoms with Gasteiger partial charge in [-0.05, 0) is 31.0 Å². The highest BCUT2D eigenvalue weighted by Gasteiger charge is 2.15. The van der Waals surface area contributed by atoms with Crippen molar-refractivity contribution in [1.82, 2.24) is 0 Å². The predicted octanol–water partition coefficient (Wildman–Crippen LogP) is 3.05. The van der Waals surface area contributed by atoms with Crippen LogP contribution in [0.25, 0.3) is 0 Å². The molecule has 0 aliphatic heterocycles. The summed E-state index contributed by atoms with van der Waals surface area (Å²) in [6.45, 7) is 3.82. The molecular weight excluding hydrogens is 184 g/mol. The van der Waals surface area contributed by atoms with E-state index >= 15 is 0 Å². The molecule has 0 amide bonds. The van der Waals surface area contributed by atoms with Crippen LogP contribution in [0, 0.1) is 5.92 Å². The molecule has 1 unspecified atom stereocenters. The SMILES string of the molecule is CC[C](c1ccc(Cl)cc1)C(C)O. The number of halogens is 1. The van der Waals surface area contributed by atoms with Crippen LogP contribution in [0.15, 0.2) is 24.3 Å². The van der Waals surface area contributed by atoms with Crippen LogP contribution in [-0.4, -0.2) is 11.2 Å². The molecule has 0 heterocycles. The molecule has 0 saturated heterocycles. The fraction of sp³-hybridized carbons (Fsp3) is 0.364. The van der Waals surface area contributed by atoms with Crippen molar-refractivity contribution in [3.63, 3.8) is 0 Å². The van der Waals surface area contributed by atoms with Gasteiger partial charge in [0.05, 0.1) is 6.10 Å². The smallest absolute Gasteiger partial charge is 0.0618 e. The van der Waals surface area contributed by atoms with Crippen molar-refractivity contribution in [3.8, 4) is 0 Å². The molecule has 1 N–H and O–H groups in total. The molecule has 13 heavy (non-hydrogen) atoms. The van der Waals surface area contributed by atoms with E-state index in [4.69, 9.17) is 11.6 Å². The van der Waals surface area contributed by atoms with Crippen molar-refractivity contribution >= 4 is 11.6 Å². The van der Waals surface area contributed by atoms with E-state index in [-0.39, 0.29) is 6.10 Å². The molecule has 0 bridgehead atoms. The molecule has 0 aliphatic carbocycles. The first-order valence-corrected chi connectivity index (χ1v) is 4.82. The Balaban J connectivity index is 2.86. The van der Waals surface area contributed by atoms with Gasteiger partial charge in [-0.15, -0.1) is 0 Å². The van der Waals surface area contributed by atoms with Gasteiger partial charge in [-0.25, -0.2) is 0 Å². The average Bonchev–Trinajstić information content (AvgIpc) is 2.09. The topological polar surface area (TPSA) is 20.2 Å². The van der Waals surface area contributed by atoms with Crippen LogP contribution in [0.2, 0.25) is 5.02 Å². The van der Waals surface area contributed by atoms with E-state index in [1.54, 1.807) is 6.92 Å². The summed E-state index contributed by atoms with van der Waals surface area (Å²) in [4.78, 5) is 0. The lowest BCUT2D eigenvalue weighted by Gasteiger charge is -2.17. The fourth-order valence-electron chi connectivity index (χ4n) is 1.40. The Morgan fingerprint density at radius 3 is 2.31 bits per heavy atom. The molecule has 2 heteroatoms. The van der Waals surface area contributed by atoms with Gasteiger partial charge in [0.2, 0.25) is 0 Å². The number of rotatable bonds is 3. The predicted molar refractivity (Wildman–Crippen MR) is 55.8 cm³/mol. The third-order valence-electron chi connectivity index (χ3n) is 2.10. The van der Waals surface area contributed by atoms with E-state index in [1.807, 2.05) is 31.2 Å². The van der Waals surface area contributed by atoms with Gasteiger partial charge in [0.15, 0.2) is 0 Å². The first-order valence-electron chi connectivity index (χ1n) is 4.45. The lowest BCUT2D eigenvalue weighted by atomic mass is 9.92. The molecule has 0 aliphatic rings. The number of aliphatic hydroxyl groups excluding tert-OH is 1. The van der Waals surface area contributed by atoms with Crippen LogP contribution in [0.1, 0.15) is 25.8 Å². The van der Waals surface area contributed by atoms with E-state index in [0.29, 0.717) is 0 Å². The second kappa shape index (κ2) is 4.64. The Labute approximate surface area is 84.4 Å². The Morgan fingerprint density at radius 2 is 1.92 bits per heavy atom. The zero-order valence-electron chi connectivity index (χ0n) is 7.92. The number of benzene rings is 1. The zero-order chi connectivity index (χ0) is 9.84. The van der Waals surface area contributed by atoms with Crippen LogP contribution in [0.3, 0.4) is 0 Å². The molecule has 1 rings (SSSR count). The van der Waals surface area contributed by atoms with Gasteiger partial charge in [0.1, 0.15) is 0 Å². The molecule has 0 aromatic heterocycles. The maximum absolute atomic E-state index is 9.46. The third-order valence-corrected chi connectivity index (χ3v) is 2.35. The van der Waals surface area contributed by atoms with E-state index < -0.39 is 0 Å².